The third-order valence-corrected chi connectivity index (χ3v) is 3.55. The van der Waals surface area contributed by atoms with Crippen LogP contribution in [0.3, 0.4) is 0 Å². The summed E-state index contributed by atoms with van der Waals surface area (Å²) in [6.45, 7) is 5.75. The first kappa shape index (κ1) is 13.7. The lowest BCUT2D eigenvalue weighted by molar-refractivity contribution is -0.125. The van der Waals surface area contributed by atoms with E-state index in [1.165, 1.54) is 11.3 Å². The number of rotatable bonds is 5. The third-order valence-electron chi connectivity index (χ3n) is 2.45. The van der Waals surface area contributed by atoms with Gasteiger partial charge in [0.25, 0.3) is 0 Å². The fourth-order valence-corrected chi connectivity index (χ4v) is 2.24. The summed E-state index contributed by atoms with van der Waals surface area (Å²) in [6.07, 6.45) is 3.13. The van der Waals surface area contributed by atoms with Gasteiger partial charge in [-0.1, -0.05) is 13.3 Å². The molecule has 1 unspecified atom stereocenters. The van der Waals surface area contributed by atoms with E-state index in [1.807, 2.05) is 32.2 Å². The van der Waals surface area contributed by atoms with E-state index in [-0.39, 0.29) is 5.91 Å². The molecule has 0 aliphatic carbocycles. The molecular formula is C12H17N3OS. The molecule has 0 spiro atoms. The third kappa shape index (κ3) is 3.53. The molecule has 0 aromatic carbocycles. The second kappa shape index (κ2) is 5.78. The molecule has 92 valence electrons. The minimum Gasteiger partial charge on any atom is -0.344 e. The highest BCUT2D eigenvalue weighted by Gasteiger charge is 2.28. The van der Waals surface area contributed by atoms with Gasteiger partial charge in [0, 0.05) is 11.6 Å². The largest absolute Gasteiger partial charge is 0.344 e. The fraction of sp³-hybridized carbons (Fsp3) is 0.583. The number of carbonyl (C=O) groups is 1. The zero-order chi connectivity index (χ0) is 12.9. The minimum absolute atomic E-state index is 0.213. The molecule has 1 heterocycles. The van der Waals surface area contributed by atoms with Gasteiger partial charge in [-0.15, -0.1) is 11.3 Å². The number of amides is 1. The molecule has 0 saturated heterocycles. The summed E-state index contributed by atoms with van der Waals surface area (Å²) in [5.41, 5.74) is -0.520. The van der Waals surface area contributed by atoms with E-state index < -0.39 is 11.5 Å². The van der Waals surface area contributed by atoms with Crippen LogP contribution in [0, 0.1) is 17.2 Å². The first-order valence-corrected chi connectivity index (χ1v) is 6.51. The van der Waals surface area contributed by atoms with Crippen molar-refractivity contribution in [3.8, 4) is 6.07 Å². The van der Waals surface area contributed by atoms with Crippen molar-refractivity contribution in [2.75, 3.05) is 0 Å². The van der Waals surface area contributed by atoms with Crippen LogP contribution in [-0.2, 0) is 10.3 Å². The molecule has 1 amide bonds. The summed E-state index contributed by atoms with van der Waals surface area (Å²) in [4.78, 5) is 16.1. The summed E-state index contributed by atoms with van der Waals surface area (Å²) in [5, 5.41) is 14.5. The molecule has 0 bridgehead atoms. The first-order valence-electron chi connectivity index (χ1n) is 5.63. The topological polar surface area (TPSA) is 65.8 Å². The fourth-order valence-electron chi connectivity index (χ4n) is 1.52. The second-order valence-electron chi connectivity index (χ2n) is 4.42. The SMILES string of the molecule is CCCC(C#N)C(=O)NC(C)(C)c1nccs1. The van der Waals surface area contributed by atoms with E-state index in [1.54, 1.807) is 6.20 Å². The van der Waals surface area contributed by atoms with Crippen LogP contribution in [-0.4, -0.2) is 10.9 Å². The molecule has 0 aliphatic rings. The van der Waals surface area contributed by atoms with Crippen LogP contribution in [0.5, 0.6) is 0 Å². The van der Waals surface area contributed by atoms with Crippen LogP contribution in [0.1, 0.15) is 38.6 Å². The van der Waals surface area contributed by atoms with Crippen molar-refractivity contribution in [1.82, 2.24) is 10.3 Å². The van der Waals surface area contributed by atoms with Crippen molar-refractivity contribution in [2.45, 2.75) is 39.2 Å². The van der Waals surface area contributed by atoms with Gasteiger partial charge in [-0.2, -0.15) is 5.26 Å². The molecule has 0 saturated carbocycles. The molecule has 1 rings (SSSR count). The number of nitrogens with one attached hydrogen (secondary N) is 1. The van der Waals surface area contributed by atoms with Gasteiger partial charge in [0.05, 0.1) is 11.6 Å². The molecule has 5 heteroatoms. The monoisotopic (exact) mass is 251 g/mol. The molecule has 1 aromatic heterocycles. The maximum absolute atomic E-state index is 11.9. The summed E-state index contributed by atoms with van der Waals surface area (Å²) >= 11 is 1.50. The Morgan fingerprint density at radius 1 is 1.71 bits per heavy atom. The highest BCUT2D eigenvalue weighted by molar-refractivity contribution is 7.09. The maximum atomic E-state index is 11.9. The van der Waals surface area contributed by atoms with Gasteiger partial charge in [0.2, 0.25) is 5.91 Å². The Hall–Kier alpha value is -1.41. The first-order chi connectivity index (χ1) is 8.01. The van der Waals surface area contributed by atoms with Crippen LogP contribution >= 0.6 is 11.3 Å². The second-order valence-corrected chi connectivity index (χ2v) is 5.32. The molecule has 17 heavy (non-hydrogen) atoms. The van der Waals surface area contributed by atoms with E-state index in [0.717, 1.165) is 11.4 Å². The number of nitrogens with zero attached hydrogens (tertiary/aromatic N) is 2. The van der Waals surface area contributed by atoms with Gasteiger partial charge in [-0.3, -0.25) is 4.79 Å². The number of thiazole rings is 1. The lowest BCUT2D eigenvalue weighted by atomic mass is 10.0. The Labute approximate surface area is 106 Å². The van der Waals surface area contributed by atoms with E-state index >= 15 is 0 Å². The van der Waals surface area contributed by atoms with Gasteiger partial charge < -0.3 is 5.32 Å². The zero-order valence-electron chi connectivity index (χ0n) is 10.4. The Morgan fingerprint density at radius 3 is 2.88 bits per heavy atom. The van der Waals surface area contributed by atoms with Crippen molar-refractivity contribution in [1.29, 1.82) is 5.26 Å². The Balaban J connectivity index is 2.71. The highest BCUT2D eigenvalue weighted by atomic mass is 32.1. The lowest BCUT2D eigenvalue weighted by Gasteiger charge is -2.25. The van der Waals surface area contributed by atoms with Gasteiger partial charge in [-0.25, -0.2) is 4.98 Å². The van der Waals surface area contributed by atoms with E-state index in [2.05, 4.69) is 10.3 Å². The van der Waals surface area contributed by atoms with E-state index in [9.17, 15) is 4.79 Å². The zero-order valence-corrected chi connectivity index (χ0v) is 11.2. The quantitative estimate of drug-likeness (QED) is 0.874. The molecule has 1 N–H and O–H groups in total. The molecule has 1 aromatic rings. The molecule has 4 nitrogen and oxygen atoms in total. The van der Waals surface area contributed by atoms with E-state index in [4.69, 9.17) is 5.26 Å². The van der Waals surface area contributed by atoms with Crippen LogP contribution in [0.4, 0.5) is 0 Å². The van der Waals surface area contributed by atoms with Crippen molar-refractivity contribution >= 4 is 17.2 Å². The Kier molecular flexibility index (Phi) is 4.64. The molecule has 0 fully saturated rings. The van der Waals surface area contributed by atoms with E-state index in [0.29, 0.717) is 6.42 Å². The van der Waals surface area contributed by atoms with Crippen LogP contribution < -0.4 is 5.32 Å². The highest BCUT2D eigenvalue weighted by Crippen LogP contribution is 2.22. The molecular weight excluding hydrogens is 234 g/mol. The number of nitriles is 1. The van der Waals surface area contributed by atoms with Crippen LogP contribution in [0.15, 0.2) is 11.6 Å². The molecule has 1 atom stereocenters. The molecule has 0 radical (unpaired) electrons. The standard InChI is InChI=1S/C12H17N3OS/c1-4-5-9(8-13)10(16)15-12(2,3)11-14-6-7-17-11/h6-7,9H,4-5H2,1-3H3,(H,15,16). The number of hydrogen-bond donors (Lipinski definition) is 1. The number of aromatic nitrogens is 1. The Morgan fingerprint density at radius 2 is 2.41 bits per heavy atom. The summed E-state index contributed by atoms with van der Waals surface area (Å²) in [5.74, 6) is -0.784. The number of hydrogen-bond acceptors (Lipinski definition) is 4. The van der Waals surface area contributed by atoms with Gasteiger partial charge in [0.1, 0.15) is 10.9 Å². The van der Waals surface area contributed by atoms with Gasteiger partial charge >= 0.3 is 0 Å². The average Bonchev–Trinajstić information content (AvgIpc) is 2.78. The van der Waals surface area contributed by atoms with Gasteiger partial charge in [0.15, 0.2) is 0 Å². The predicted molar refractivity (Wildman–Crippen MR) is 67.3 cm³/mol. The average molecular weight is 251 g/mol. The van der Waals surface area contributed by atoms with Gasteiger partial charge in [-0.05, 0) is 20.3 Å². The van der Waals surface area contributed by atoms with Crippen LogP contribution in [0.25, 0.3) is 0 Å². The lowest BCUT2D eigenvalue weighted by Crippen LogP contribution is -2.43. The normalized spacial score (nSPS) is 12.8. The number of carbonyl (C=O) groups excluding carboxylic acids is 1. The van der Waals surface area contributed by atoms with Crippen molar-refractivity contribution < 1.29 is 4.79 Å². The summed E-state index contributed by atoms with van der Waals surface area (Å²) < 4.78 is 0. The predicted octanol–water partition coefficient (Wildman–Crippen LogP) is 2.43. The summed E-state index contributed by atoms with van der Waals surface area (Å²) in [6, 6.07) is 2.04. The maximum Gasteiger partial charge on any atom is 0.238 e. The molecule has 0 aliphatic heterocycles. The minimum atomic E-state index is -0.570. The Bertz CT molecular complexity index is 406. The van der Waals surface area contributed by atoms with Crippen molar-refractivity contribution in [3.63, 3.8) is 0 Å². The van der Waals surface area contributed by atoms with Crippen molar-refractivity contribution in [2.24, 2.45) is 5.92 Å². The smallest absolute Gasteiger partial charge is 0.238 e. The van der Waals surface area contributed by atoms with Crippen molar-refractivity contribution in [3.05, 3.63) is 16.6 Å². The summed E-state index contributed by atoms with van der Waals surface area (Å²) in [7, 11) is 0. The van der Waals surface area contributed by atoms with Crippen LogP contribution in [0.2, 0.25) is 0 Å².